The first-order chi connectivity index (χ1) is 9.24. The average molecular weight is 289 g/mol. The predicted molar refractivity (Wildman–Crippen MR) is 83.7 cm³/mol. The van der Waals surface area contributed by atoms with Gasteiger partial charge in [-0.3, -0.25) is 9.78 Å². The molecule has 0 fully saturated rings. The van der Waals surface area contributed by atoms with Crippen molar-refractivity contribution in [3.63, 3.8) is 0 Å². The van der Waals surface area contributed by atoms with Gasteiger partial charge >= 0.3 is 0 Å². The van der Waals surface area contributed by atoms with Gasteiger partial charge in [0.1, 0.15) is 0 Å². The molecule has 0 amide bonds. The minimum absolute atomic E-state index is 0.0896. The highest BCUT2D eigenvalue weighted by Crippen LogP contribution is 2.45. The van der Waals surface area contributed by atoms with Gasteiger partial charge in [-0.25, -0.2) is 0 Å². The molecular weight excluding hydrogens is 274 g/mol. The van der Waals surface area contributed by atoms with Crippen LogP contribution in [0.5, 0.6) is 0 Å². The summed E-state index contributed by atoms with van der Waals surface area (Å²) in [4.78, 5) is 17.2. The third kappa shape index (κ3) is 2.69. The van der Waals surface area contributed by atoms with Crippen molar-refractivity contribution in [2.24, 2.45) is 0 Å². The van der Waals surface area contributed by atoms with Crippen LogP contribution in [0, 0.1) is 0 Å². The molecule has 0 unspecified atom stereocenters. The van der Waals surface area contributed by atoms with Gasteiger partial charge in [0.15, 0.2) is 9.86 Å². The van der Waals surface area contributed by atoms with Crippen LogP contribution in [0.3, 0.4) is 0 Å². The zero-order chi connectivity index (χ0) is 13.7. The van der Waals surface area contributed by atoms with Gasteiger partial charge < -0.3 is 0 Å². The summed E-state index contributed by atoms with van der Waals surface area (Å²) in [6.45, 7) is 0. The van der Waals surface area contributed by atoms with Gasteiger partial charge in [0, 0.05) is 11.8 Å². The van der Waals surface area contributed by atoms with E-state index in [-0.39, 0.29) is 5.78 Å². The molecule has 0 N–H and O–H groups in total. The van der Waals surface area contributed by atoms with Crippen LogP contribution in [0.2, 0.25) is 0 Å². The molecule has 0 atom stereocenters. The Balaban J connectivity index is 2.49. The minimum atomic E-state index is -0.678. The summed E-state index contributed by atoms with van der Waals surface area (Å²) >= 11 is 3.05. The first-order valence-corrected chi connectivity index (χ1v) is 8.31. The van der Waals surface area contributed by atoms with Crippen LogP contribution in [0.15, 0.2) is 54.7 Å². The maximum absolute atomic E-state index is 12.8. The molecule has 1 heterocycles. The van der Waals surface area contributed by atoms with Gasteiger partial charge in [-0.2, -0.15) is 0 Å². The van der Waals surface area contributed by atoms with E-state index >= 15 is 0 Å². The second kappa shape index (κ2) is 6.26. The minimum Gasteiger partial charge on any atom is -0.291 e. The molecule has 0 aliphatic carbocycles. The highest BCUT2D eigenvalue weighted by molar-refractivity contribution is 8.18. The van der Waals surface area contributed by atoms with Crippen LogP contribution in [0.4, 0.5) is 0 Å². The van der Waals surface area contributed by atoms with Crippen LogP contribution < -0.4 is 0 Å². The summed E-state index contributed by atoms with van der Waals surface area (Å²) in [6, 6.07) is 15.1. The molecule has 2 aromatic rings. The number of Topliss-reactive ketones (excluding diaryl/α,β-unsaturated/α-hetero) is 1. The predicted octanol–water partition coefficient (Wildman–Crippen LogP) is 3.84. The van der Waals surface area contributed by atoms with Crippen molar-refractivity contribution in [1.82, 2.24) is 4.98 Å². The molecule has 2 rings (SSSR count). The Labute approximate surface area is 122 Å². The lowest BCUT2D eigenvalue weighted by Crippen LogP contribution is -2.29. The summed E-state index contributed by atoms with van der Waals surface area (Å²) in [7, 11) is 0. The molecule has 0 aliphatic rings. The second-order valence-electron chi connectivity index (χ2n) is 3.93. The van der Waals surface area contributed by atoms with Crippen molar-refractivity contribution in [1.29, 1.82) is 0 Å². The number of aromatic nitrogens is 1. The molecule has 1 aromatic heterocycles. The molecule has 2 nitrogen and oxygen atoms in total. The molecule has 0 spiro atoms. The second-order valence-corrected chi connectivity index (χ2v) is 6.23. The Hall–Kier alpha value is -1.26. The van der Waals surface area contributed by atoms with Gasteiger partial charge in [0.25, 0.3) is 0 Å². The lowest BCUT2D eigenvalue weighted by atomic mass is 10.1. The first kappa shape index (κ1) is 14.2. The normalized spacial score (nSPS) is 11.3. The fourth-order valence-corrected chi connectivity index (χ4v) is 3.86. The average Bonchev–Trinajstić information content (AvgIpc) is 2.51. The quantitative estimate of drug-likeness (QED) is 0.618. The number of hydrogen-bond acceptors (Lipinski definition) is 4. The maximum Gasteiger partial charge on any atom is 0.195 e. The Bertz CT molecular complexity index is 539. The van der Waals surface area contributed by atoms with Gasteiger partial charge in [-0.15, -0.1) is 23.5 Å². The van der Waals surface area contributed by atoms with Crippen LogP contribution in [-0.2, 0) is 4.08 Å². The fraction of sp³-hybridized carbons (Fsp3) is 0.200. The number of carbonyl (C=O) groups excluding carboxylic acids is 1. The maximum atomic E-state index is 12.8. The van der Waals surface area contributed by atoms with E-state index in [2.05, 4.69) is 4.98 Å². The SMILES string of the molecule is CSC(SC)(C(=O)c1ccccc1)c1ccccn1. The summed E-state index contributed by atoms with van der Waals surface area (Å²) < 4.78 is -0.678. The molecule has 0 bridgehead atoms. The Morgan fingerprint density at radius 2 is 1.63 bits per heavy atom. The monoisotopic (exact) mass is 289 g/mol. The van der Waals surface area contributed by atoms with Gasteiger partial charge in [0.2, 0.25) is 0 Å². The van der Waals surface area contributed by atoms with Crippen LogP contribution in [0.25, 0.3) is 0 Å². The van der Waals surface area contributed by atoms with E-state index < -0.39 is 4.08 Å². The highest BCUT2D eigenvalue weighted by atomic mass is 32.2. The van der Waals surface area contributed by atoms with E-state index in [0.717, 1.165) is 11.3 Å². The number of nitrogens with zero attached hydrogens (tertiary/aromatic N) is 1. The van der Waals surface area contributed by atoms with Gasteiger partial charge in [-0.1, -0.05) is 36.4 Å². The van der Waals surface area contributed by atoms with E-state index in [1.54, 1.807) is 6.20 Å². The summed E-state index contributed by atoms with van der Waals surface area (Å²) in [5, 5.41) is 0. The summed E-state index contributed by atoms with van der Waals surface area (Å²) in [5.74, 6) is 0.0896. The lowest BCUT2D eigenvalue weighted by Gasteiger charge is -2.28. The third-order valence-electron chi connectivity index (χ3n) is 2.91. The van der Waals surface area contributed by atoms with E-state index in [9.17, 15) is 4.79 Å². The molecular formula is C15H15NOS2. The van der Waals surface area contributed by atoms with Crippen molar-refractivity contribution in [2.45, 2.75) is 4.08 Å². The summed E-state index contributed by atoms with van der Waals surface area (Å²) in [6.07, 6.45) is 5.63. The number of carbonyl (C=O) groups is 1. The Kier molecular flexibility index (Phi) is 4.66. The smallest absolute Gasteiger partial charge is 0.195 e. The number of ketones is 1. The number of thioether (sulfide) groups is 2. The van der Waals surface area contributed by atoms with Crippen molar-refractivity contribution < 1.29 is 4.79 Å². The molecule has 0 aliphatic heterocycles. The van der Waals surface area contributed by atoms with Crippen molar-refractivity contribution >= 4 is 29.3 Å². The molecule has 1 aromatic carbocycles. The van der Waals surface area contributed by atoms with Gasteiger partial charge in [0.05, 0.1) is 5.69 Å². The molecule has 98 valence electrons. The zero-order valence-electron chi connectivity index (χ0n) is 10.9. The van der Waals surface area contributed by atoms with E-state index in [4.69, 9.17) is 0 Å². The number of benzene rings is 1. The fourth-order valence-electron chi connectivity index (χ4n) is 1.93. The van der Waals surface area contributed by atoms with Crippen LogP contribution in [-0.4, -0.2) is 23.3 Å². The topological polar surface area (TPSA) is 30.0 Å². The van der Waals surface area contributed by atoms with Crippen molar-refractivity contribution in [2.75, 3.05) is 12.5 Å². The first-order valence-electron chi connectivity index (χ1n) is 5.86. The molecule has 0 saturated carbocycles. The van der Waals surface area contributed by atoms with Crippen molar-refractivity contribution in [3.8, 4) is 0 Å². The molecule has 4 heteroatoms. The van der Waals surface area contributed by atoms with Crippen LogP contribution >= 0.6 is 23.5 Å². The molecule has 0 radical (unpaired) electrons. The Morgan fingerprint density at radius 3 is 2.16 bits per heavy atom. The highest BCUT2D eigenvalue weighted by Gasteiger charge is 2.40. The Morgan fingerprint density at radius 1 is 1.00 bits per heavy atom. The van der Waals surface area contributed by atoms with Crippen molar-refractivity contribution in [3.05, 3.63) is 66.0 Å². The van der Waals surface area contributed by atoms with E-state index in [1.165, 1.54) is 23.5 Å². The lowest BCUT2D eigenvalue weighted by molar-refractivity contribution is 0.0977. The van der Waals surface area contributed by atoms with Gasteiger partial charge in [-0.05, 0) is 24.6 Å². The van der Waals surface area contributed by atoms with E-state index in [0.29, 0.717) is 0 Å². The number of hydrogen-bond donors (Lipinski definition) is 0. The standard InChI is InChI=1S/C15H15NOS2/c1-18-15(19-2,13-10-6-7-11-16-13)14(17)12-8-4-3-5-9-12/h3-11H,1-2H3. The zero-order valence-corrected chi connectivity index (χ0v) is 12.5. The summed E-state index contributed by atoms with van der Waals surface area (Å²) in [5.41, 5.74) is 1.51. The third-order valence-corrected chi connectivity index (χ3v) is 5.85. The largest absolute Gasteiger partial charge is 0.291 e. The molecule has 19 heavy (non-hydrogen) atoms. The van der Waals surface area contributed by atoms with Crippen LogP contribution in [0.1, 0.15) is 16.1 Å². The molecule has 0 saturated heterocycles. The number of pyridine rings is 1. The van der Waals surface area contributed by atoms with E-state index in [1.807, 2.05) is 61.0 Å². The number of rotatable bonds is 5.